The summed E-state index contributed by atoms with van der Waals surface area (Å²) < 4.78 is 1.55. The number of benzene rings is 3. The van der Waals surface area contributed by atoms with Crippen LogP contribution in [0.25, 0.3) is 11.1 Å². The molecule has 0 amide bonds. The zero-order chi connectivity index (χ0) is 33.9. The van der Waals surface area contributed by atoms with Crippen molar-refractivity contribution >= 4 is 3.21 Å². The maximum Gasteiger partial charge on any atom is -0.0129 e. The molecule has 1 heteroatoms. The molecular formula is C45H58Zr. The Bertz CT molecular complexity index is 1510. The first-order valence-corrected chi connectivity index (χ1v) is 18.9. The van der Waals surface area contributed by atoms with Crippen LogP contribution in [0.15, 0.2) is 66.3 Å². The fraction of sp³-hybridized carbons (Fsp3) is 0.489. The molecule has 1 fully saturated rings. The Labute approximate surface area is 297 Å². The van der Waals surface area contributed by atoms with Crippen molar-refractivity contribution in [2.24, 2.45) is 11.3 Å². The van der Waals surface area contributed by atoms with Crippen molar-refractivity contribution in [1.82, 2.24) is 0 Å². The van der Waals surface area contributed by atoms with E-state index in [0.29, 0.717) is 11.3 Å². The van der Waals surface area contributed by atoms with Gasteiger partial charge in [0.2, 0.25) is 0 Å². The third-order valence-corrected chi connectivity index (χ3v) is 11.7. The molecule has 46 heavy (non-hydrogen) atoms. The van der Waals surface area contributed by atoms with E-state index in [1.807, 2.05) is 0 Å². The summed E-state index contributed by atoms with van der Waals surface area (Å²) >= 11 is 1.54. The van der Waals surface area contributed by atoms with Gasteiger partial charge in [0.05, 0.1) is 0 Å². The number of hydrogen-bond donors (Lipinski definition) is 0. The smallest absolute Gasteiger partial charge is 0.0129 e. The Morgan fingerprint density at radius 3 is 2.02 bits per heavy atom. The van der Waals surface area contributed by atoms with E-state index in [4.69, 9.17) is 0 Å². The Kier molecular flexibility index (Phi) is 12.0. The van der Waals surface area contributed by atoms with Crippen LogP contribution in [-0.2, 0) is 41.5 Å². The Morgan fingerprint density at radius 2 is 1.48 bits per heavy atom. The standard InChI is InChI=1S/C23H29.C13H19.C9H10.Zr/c1-14-9-16-11-17-10-15(2)21(23(6,7)8)13-19(17)18(16)12-20(14)22(3,4)5;1-11-6-7-12(10-11)13(2)8-4-3-5-9-13;1-2-6-9-7-4-3-5-8-9;/h9,12-13H,11H2,1-8H3;7,10-11H,3-5,8-9H2,1-2H3;3-5,7-8H,2H2,1H3;/q2*-1;;+2. The Hall–Kier alpha value is -2.11. The molecule has 0 bridgehead atoms. The topological polar surface area (TPSA) is 0 Å². The van der Waals surface area contributed by atoms with Crippen LogP contribution in [0.1, 0.15) is 140 Å². The number of hydrogen-bond acceptors (Lipinski definition) is 0. The normalized spacial score (nSPS) is 18.0. The third kappa shape index (κ3) is 8.87. The summed E-state index contributed by atoms with van der Waals surface area (Å²) in [6.07, 6.45) is 17.2. The van der Waals surface area contributed by atoms with Gasteiger partial charge in [-0.05, 0) is 35.4 Å². The molecule has 0 spiro atoms. The molecule has 3 aliphatic rings. The van der Waals surface area contributed by atoms with Crippen molar-refractivity contribution in [2.75, 3.05) is 0 Å². The Balaban J connectivity index is 0.000000175. The molecule has 3 aliphatic carbocycles. The fourth-order valence-corrected chi connectivity index (χ4v) is 7.86. The number of allylic oxidation sites excluding steroid dienone is 4. The zero-order valence-corrected chi connectivity index (χ0v) is 33.3. The second-order valence-corrected chi connectivity index (χ2v) is 17.7. The number of aryl methyl sites for hydroxylation is 2. The summed E-state index contributed by atoms with van der Waals surface area (Å²) in [4.78, 5) is 0. The van der Waals surface area contributed by atoms with E-state index in [-0.39, 0.29) is 10.8 Å². The van der Waals surface area contributed by atoms with Crippen molar-refractivity contribution in [3.63, 3.8) is 0 Å². The van der Waals surface area contributed by atoms with Gasteiger partial charge in [-0.25, -0.2) is 6.08 Å². The van der Waals surface area contributed by atoms with Gasteiger partial charge in [0.25, 0.3) is 0 Å². The minimum atomic E-state index is 0.163. The van der Waals surface area contributed by atoms with Crippen molar-refractivity contribution in [3.05, 3.63) is 117 Å². The van der Waals surface area contributed by atoms with Gasteiger partial charge >= 0.3 is 76.7 Å². The number of rotatable bonds is 3. The molecule has 0 saturated heterocycles. The quantitative estimate of drug-likeness (QED) is 0.188. The average Bonchev–Trinajstić information content (AvgIpc) is 3.59. The molecule has 1 saturated carbocycles. The molecule has 3 aromatic carbocycles. The van der Waals surface area contributed by atoms with Gasteiger partial charge in [-0.1, -0.05) is 129 Å². The summed E-state index contributed by atoms with van der Waals surface area (Å²) in [5, 5.41) is 0. The van der Waals surface area contributed by atoms with Gasteiger partial charge < -0.3 is 0 Å². The average molecular weight is 690 g/mol. The number of fused-ring (bicyclic) bond motifs is 3. The van der Waals surface area contributed by atoms with Crippen molar-refractivity contribution in [2.45, 2.75) is 132 Å². The van der Waals surface area contributed by atoms with Crippen LogP contribution >= 0.6 is 0 Å². The van der Waals surface area contributed by atoms with E-state index >= 15 is 0 Å². The predicted octanol–water partition coefficient (Wildman–Crippen LogP) is 12.3. The Morgan fingerprint density at radius 1 is 0.870 bits per heavy atom. The van der Waals surface area contributed by atoms with Crippen LogP contribution in [0.4, 0.5) is 0 Å². The predicted molar refractivity (Wildman–Crippen MR) is 197 cm³/mol. The zero-order valence-electron chi connectivity index (χ0n) is 30.8. The molecule has 0 heterocycles. The van der Waals surface area contributed by atoms with Crippen molar-refractivity contribution in [3.8, 4) is 11.1 Å². The van der Waals surface area contributed by atoms with Gasteiger partial charge in [-0.2, -0.15) is 29.3 Å². The molecule has 0 N–H and O–H groups in total. The van der Waals surface area contributed by atoms with Crippen LogP contribution in [0, 0.1) is 37.3 Å². The van der Waals surface area contributed by atoms with E-state index in [9.17, 15) is 0 Å². The maximum absolute atomic E-state index is 3.69. The molecule has 242 valence electrons. The SMILES string of the molecule is CC1[C-]=CC(C2(C)CCCCC2)=C1.CC[C](=[Zr+2])c1ccccc1.Cc1[c-]c2c(cc1C(C)(C)C)-c1cc(C(C)(C)C)c(C)cc1C2. The van der Waals surface area contributed by atoms with Crippen LogP contribution in [-0.4, -0.2) is 3.21 Å². The summed E-state index contributed by atoms with van der Waals surface area (Å²) in [7, 11) is 0. The van der Waals surface area contributed by atoms with Gasteiger partial charge in [0.15, 0.2) is 0 Å². The molecule has 6 rings (SSSR count). The first-order chi connectivity index (χ1) is 21.5. The minimum Gasteiger partial charge on any atom is -0.176 e. The van der Waals surface area contributed by atoms with Crippen molar-refractivity contribution in [1.29, 1.82) is 0 Å². The van der Waals surface area contributed by atoms with Gasteiger partial charge in [-0.3, -0.25) is 6.08 Å². The monoisotopic (exact) mass is 688 g/mol. The molecular weight excluding hydrogens is 632 g/mol. The summed E-state index contributed by atoms with van der Waals surface area (Å²) in [5.41, 5.74) is 15.1. The minimum absolute atomic E-state index is 0.163. The van der Waals surface area contributed by atoms with E-state index in [1.165, 1.54) is 113 Å². The second kappa shape index (κ2) is 15.0. The first kappa shape index (κ1) is 36.7. The second-order valence-electron chi connectivity index (χ2n) is 16.2. The van der Waals surface area contributed by atoms with E-state index in [1.54, 1.807) is 8.78 Å². The fourth-order valence-electron chi connectivity index (χ4n) is 7.45. The third-order valence-electron chi connectivity index (χ3n) is 10.1. The van der Waals surface area contributed by atoms with E-state index in [0.717, 1.165) is 6.42 Å². The van der Waals surface area contributed by atoms with E-state index in [2.05, 4.69) is 149 Å². The molecule has 0 radical (unpaired) electrons. The largest absolute Gasteiger partial charge is 0.176 e. The maximum atomic E-state index is 3.69. The van der Waals surface area contributed by atoms with Crippen molar-refractivity contribution < 1.29 is 24.2 Å². The molecule has 0 aliphatic heterocycles. The summed E-state index contributed by atoms with van der Waals surface area (Å²) in [6.45, 7) is 25.1. The van der Waals surface area contributed by atoms with Gasteiger partial charge in [0, 0.05) is 0 Å². The molecule has 0 aromatic heterocycles. The summed E-state index contributed by atoms with van der Waals surface area (Å²) in [5.74, 6) is 0.550. The van der Waals surface area contributed by atoms with Crippen LogP contribution in [0.5, 0.6) is 0 Å². The van der Waals surface area contributed by atoms with Crippen LogP contribution < -0.4 is 0 Å². The van der Waals surface area contributed by atoms with Crippen LogP contribution in [0.2, 0.25) is 0 Å². The van der Waals surface area contributed by atoms with Crippen LogP contribution in [0.3, 0.4) is 0 Å². The van der Waals surface area contributed by atoms with Gasteiger partial charge in [-0.15, -0.1) is 16.7 Å². The van der Waals surface area contributed by atoms with E-state index < -0.39 is 0 Å². The van der Waals surface area contributed by atoms with Gasteiger partial charge in [0.1, 0.15) is 0 Å². The molecule has 3 aromatic rings. The molecule has 1 unspecified atom stereocenters. The molecule has 1 atom stereocenters. The molecule has 0 nitrogen and oxygen atoms in total. The first-order valence-electron chi connectivity index (χ1n) is 17.7. The summed E-state index contributed by atoms with van der Waals surface area (Å²) in [6, 6.07) is 21.5.